The van der Waals surface area contributed by atoms with Crippen LogP contribution >= 0.6 is 0 Å². The van der Waals surface area contributed by atoms with E-state index in [9.17, 15) is 13.2 Å². The van der Waals surface area contributed by atoms with Crippen LogP contribution in [0.5, 0.6) is 0 Å². The minimum atomic E-state index is -3.76. The average Bonchev–Trinajstić information content (AvgIpc) is 2.94. The van der Waals surface area contributed by atoms with E-state index in [1.54, 1.807) is 6.07 Å². The Balaban J connectivity index is 2.77. The molecule has 1 heterocycles. The van der Waals surface area contributed by atoms with Gasteiger partial charge in [0.2, 0.25) is 10.0 Å². The molecular weight excluding hydrogens is 284 g/mol. The molecule has 2 unspecified atom stereocenters. The van der Waals surface area contributed by atoms with E-state index in [1.807, 2.05) is 0 Å². The van der Waals surface area contributed by atoms with Crippen LogP contribution in [0.1, 0.15) is 26.2 Å². The van der Waals surface area contributed by atoms with Crippen LogP contribution in [-0.4, -0.2) is 56.9 Å². The predicted molar refractivity (Wildman–Crippen MR) is 71.2 cm³/mol. The summed E-state index contributed by atoms with van der Waals surface area (Å²) in [6.45, 7) is 2.12. The van der Waals surface area contributed by atoms with Gasteiger partial charge in [0.1, 0.15) is 0 Å². The molecule has 0 bridgehead atoms. The molecule has 0 amide bonds. The molecule has 0 saturated carbocycles. The van der Waals surface area contributed by atoms with Crippen LogP contribution in [0.2, 0.25) is 0 Å². The van der Waals surface area contributed by atoms with Crippen LogP contribution in [0.3, 0.4) is 0 Å². The highest BCUT2D eigenvalue weighted by Crippen LogP contribution is 2.17. The van der Waals surface area contributed by atoms with Crippen molar-refractivity contribution in [1.82, 2.24) is 4.31 Å². The van der Waals surface area contributed by atoms with E-state index in [2.05, 4.69) is 4.74 Å². The predicted octanol–water partition coefficient (Wildman–Crippen LogP) is 0.272. The maximum atomic E-state index is 12.2. The van der Waals surface area contributed by atoms with E-state index in [4.69, 9.17) is 10.00 Å². The summed E-state index contributed by atoms with van der Waals surface area (Å²) in [5, 5.41) is 7.67. The Labute approximate surface area is 119 Å². The summed E-state index contributed by atoms with van der Waals surface area (Å²) in [4.78, 5) is 11.2. The first kappa shape index (κ1) is 16.9. The molecule has 7 nitrogen and oxygen atoms in total. The Bertz CT molecular complexity index is 465. The first-order valence-corrected chi connectivity index (χ1v) is 7.99. The lowest BCUT2D eigenvalue weighted by Gasteiger charge is -2.25. The zero-order valence-electron chi connectivity index (χ0n) is 11.7. The summed E-state index contributed by atoms with van der Waals surface area (Å²) in [7, 11) is -2.51. The number of nitrogens with zero attached hydrogens (tertiary/aromatic N) is 2. The second-order valence-electron chi connectivity index (χ2n) is 4.64. The van der Waals surface area contributed by atoms with Gasteiger partial charge in [-0.1, -0.05) is 0 Å². The zero-order chi connectivity index (χ0) is 15.2. The fraction of sp³-hybridized carbons (Fsp3) is 0.833. The highest BCUT2D eigenvalue weighted by Gasteiger charge is 2.32. The summed E-state index contributed by atoms with van der Waals surface area (Å²) in [6.07, 6.45) is 1.46. The largest absolute Gasteiger partial charge is 0.469 e. The van der Waals surface area contributed by atoms with E-state index < -0.39 is 21.2 Å². The van der Waals surface area contributed by atoms with Gasteiger partial charge in [0.05, 0.1) is 25.7 Å². The van der Waals surface area contributed by atoms with Crippen LogP contribution in [0.15, 0.2) is 0 Å². The molecule has 0 aromatic carbocycles. The molecule has 114 valence electrons. The minimum absolute atomic E-state index is 0.000880. The second-order valence-corrected chi connectivity index (χ2v) is 6.89. The van der Waals surface area contributed by atoms with Gasteiger partial charge in [-0.25, -0.2) is 8.42 Å². The first-order chi connectivity index (χ1) is 9.41. The van der Waals surface area contributed by atoms with E-state index in [1.165, 1.54) is 14.0 Å². The number of carbonyl (C=O) groups excluding carboxylic acids is 1. The van der Waals surface area contributed by atoms with Gasteiger partial charge in [-0.15, -0.1) is 0 Å². The summed E-state index contributed by atoms with van der Waals surface area (Å²) in [6, 6.07) is 1.73. The maximum Gasteiger partial charge on any atom is 0.306 e. The standard InChI is InChI=1S/C12H20N2O5S/c1-10(8-13)20(16,17)14(6-5-12(15)18-2)9-11-4-3-7-19-11/h10-11H,3-7,9H2,1-2H3. The van der Waals surface area contributed by atoms with E-state index in [0.29, 0.717) is 6.61 Å². The van der Waals surface area contributed by atoms with Crippen molar-refractivity contribution < 1.29 is 22.7 Å². The fourth-order valence-electron chi connectivity index (χ4n) is 1.95. The number of ether oxygens (including phenoxy) is 2. The van der Waals surface area contributed by atoms with Crippen molar-refractivity contribution in [3.63, 3.8) is 0 Å². The molecule has 0 aromatic heterocycles. The summed E-state index contributed by atoms with van der Waals surface area (Å²) < 4.78 is 35.6. The Morgan fingerprint density at radius 2 is 2.30 bits per heavy atom. The van der Waals surface area contributed by atoms with E-state index in [-0.39, 0.29) is 25.6 Å². The molecule has 1 saturated heterocycles. The van der Waals surface area contributed by atoms with Crippen LogP contribution < -0.4 is 0 Å². The third kappa shape index (κ3) is 4.44. The van der Waals surface area contributed by atoms with Crippen molar-refractivity contribution in [3.8, 4) is 6.07 Å². The molecule has 0 aliphatic carbocycles. The number of rotatable bonds is 7. The van der Waals surface area contributed by atoms with Crippen LogP contribution in [0, 0.1) is 11.3 Å². The Morgan fingerprint density at radius 3 is 2.80 bits per heavy atom. The molecule has 1 aliphatic heterocycles. The molecule has 1 aliphatic rings. The van der Waals surface area contributed by atoms with Gasteiger partial charge >= 0.3 is 5.97 Å². The number of carbonyl (C=O) groups is 1. The quantitative estimate of drug-likeness (QED) is 0.626. The molecule has 20 heavy (non-hydrogen) atoms. The van der Waals surface area contributed by atoms with Gasteiger partial charge in [0, 0.05) is 19.7 Å². The number of hydrogen-bond acceptors (Lipinski definition) is 6. The molecule has 1 rings (SSSR count). The zero-order valence-corrected chi connectivity index (χ0v) is 12.6. The van der Waals surface area contributed by atoms with Gasteiger partial charge < -0.3 is 9.47 Å². The number of hydrogen-bond donors (Lipinski definition) is 0. The van der Waals surface area contributed by atoms with Crippen molar-refractivity contribution in [3.05, 3.63) is 0 Å². The third-order valence-corrected chi connectivity index (χ3v) is 5.26. The van der Waals surface area contributed by atoms with Crippen molar-refractivity contribution in [2.75, 3.05) is 26.8 Å². The maximum absolute atomic E-state index is 12.2. The summed E-state index contributed by atoms with van der Waals surface area (Å²) in [5.74, 6) is -0.484. The third-order valence-electron chi connectivity index (χ3n) is 3.21. The molecule has 2 atom stereocenters. The average molecular weight is 304 g/mol. The number of methoxy groups -OCH3 is 1. The van der Waals surface area contributed by atoms with Crippen molar-refractivity contribution in [2.24, 2.45) is 0 Å². The van der Waals surface area contributed by atoms with E-state index in [0.717, 1.165) is 17.1 Å². The second kappa shape index (κ2) is 7.57. The smallest absolute Gasteiger partial charge is 0.306 e. The number of sulfonamides is 1. The lowest BCUT2D eigenvalue weighted by molar-refractivity contribution is -0.140. The van der Waals surface area contributed by atoms with Gasteiger partial charge in [0.15, 0.2) is 5.25 Å². The van der Waals surface area contributed by atoms with Crippen LogP contribution in [-0.2, 0) is 24.3 Å². The van der Waals surface area contributed by atoms with Crippen molar-refractivity contribution in [1.29, 1.82) is 5.26 Å². The highest BCUT2D eigenvalue weighted by molar-refractivity contribution is 7.89. The molecule has 0 aromatic rings. The highest BCUT2D eigenvalue weighted by atomic mass is 32.2. The molecule has 1 fully saturated rings. The van der Waals surface area contributed by atoms with E-state index >= 15 is 0 Å². The summed E-state index contributed by atoms with van der Waals surface area (Å²) in [5.41, 5.74) is 0. The lowest BCUT2D eigenvalue weighted by atomic mass is 10.2. The molecule has 0 N–H and O–H groups in total. The lowest BCUT2D eigenvalue weighted by Crippen LogP contribution is -2.42. The monoisotopic (exact) mass is 304 g/mol. The number of nitriles is 1. The Kier molecular flexibility index (Phi) is 6.39. The SMILES string of the molecule is COC(=O)CCN(CC1CCCO1)S(=O)(=O)C(C)C#N. The van der Waals surface area contributed by atoms with Gasteiger partial charge in [-0.05, 0) is 19.8 Å². The molecular formula is C12H20N2O5S. The van der Waals surface area contributed by atoms with Gasteiger partial charge in [-0.2, -0.15) is 9.57 Å². The van der Waals surface area contributed by atoms with Gasteiger partial charge in [-0.3, -0.25) is 4.79 Å². The Morgan fingerprint density at radius 1 is 1.60 bits per heavy atom. The Hall–Kier alpha value is -1.17. The molecule has 0 radical (unpaired) electrons. The fourth-order valence-corrected chi connectivity index (χ4v) is 3.25. The topological polar surface area (TPSA) is 96.7 Å². The summed E-state index contributed by atoms with van der Waals surface area (Å²) >= 11 is 0. The van der Waals surface area contributed by atoms with Gasteiger partial charge in [0.25, 0.3) is 0 Å². The van der Waals surface area contributed by atoms with Crippen LogP contribution in [0.25, 0.3) is 0 Å². The minimum Gasteiger partial charge on any atom is -0.469 e. The van der Waals surface area contributed by atoms with Crippen molar-refractivity contribution >= 4 is 16.0 Å². The first-order valence-electron chi connectivity index (χ1n) is 6.48. The molecule has 0 spiro atoms. The van der Waals surface area contributed by atoms with Crippen LogP contribution in [0.4, 0.5) is 0 Å². The number of esters is 1. The molecule has 8 heteroatoms. The normalized spacial score (nSPS) is 20.6. The van der Waals surface area contributed by atoms with Crippen molar-refractivity contribution in [2.45, 2.75) is 37.5 Å².